The maximum absolute atomic E-state index is 9.45. The predicted octanol–water partition coefficient (Wildman–Crippen LogP) is 5.13. The SMILES string of the molecule is CC(C#N)C(c1ccccc1)c1cccc2ccccc12. The Bertz CT molecular complexity index is 778. The highest BCUT2D eigenvalue weighted by atomic mass is 14.3. The third-order valence-electron chi connectivity index (χ3n) is 4.02. The number of fused-ring (bicyclic) bond motifs is 1. The highest BCUT2D eigenvalue weighted by Gasteiger charge is 2.22. The average Bonchev–Trinajstić information content (AvgIpc) is 2.56. The van der Waals surface area contributed by atoms with E-state index in [1.807, 2.05) is 25.1 Å². The van der Waals surface area contributed by atoms with Crippen LogP contribution in [-0.2, 0) is 0 Å². The largest absolute Gasteiger partial charge is 0.198 e. The van der Waals surface area contributed by atoms with E-state index in [9.17, 15) is 5.26 Å². The zero-order valence-corrected chi connectivity index (χ0v) is 12.0. The molecule has 2 unspecified atom stereocenters. The molecule has 0 aromatic heterocycles. The summed E-state index contributed by atoms with van der Waals surface area (Å²) in [5.41, 5.74) is 2.43. The average molecular weight is 271 g/mol. The van der Waals surface area contributed by atoms with Crippen molar-refractivity contribution in [2.75, 3.05) is 0 Å². The van der Waals surface area contributed by atoms with Crippen LogP contribution in [0.15, 0.2) is 72.8 Å². The van der Waals surface area contributed by atoms with Crippen molar-refractivity contribution in [2.45, 2.75) is 12.8 Å². The summed E-state index contributed by atoms with van der Waals surface area (Å²) in [6.45, 7) is 2.00. The van der Waals surface area contributed by atoms with E-state index < -0.39 is 0 Å². The van der Waals surface area contributed by atoms with Crippen molar-refractivity contribution in [1.29, 1.82) is 5.26 Å². The van der Waals surface area contributed by atoms with Gasteiger partial charge in [0, 0.05) is 5.92 Å². The summed E-state index contributed by atoms with van der Waals surface area (Å²) in [6, 6.07) is 27.5. The van der Waals surface area contributed by atoms with Gasteiger partial charge in [0.1, 0.15) is 0 Å². The maximum atomic E-state index is 9.45. The van der Waals surface area contributed by atoms with Crippen LogP contribution in [0.3, 0.4) is 0 Å². The van der Waals surface area contributed by atoms with E-state index in [1.54, 1.807) is 0 Å². The third kappa shape index (κ3) is 2.53. The second-order valence-corrected chi connectivity index (χ2v) is 5.37. The molecular formula is C20H17N. The molecule has 102 valence electrons. The highest BCUT2D eigenvalue weighted by Crippen LogP contribution is 2.35. The van der Waals surface area contributed by atoms with Crippen molar-refractivity contribution in [3.63, 3.8) is 0 Å². The summed E-state index contributed by atoms with van der Waals surface area (Å²) in [4.78, 5) is 0. The number of hydrogen-bond acceptors (Lipinski definition) is 1. The molecule has 0 aliphatic rings. The lowest BCUT2D eigenvalue weighted by atomic mass is 9.80. The van der Waals surface area contributed by atoms with Crippen LogP contribution in [0.25, 0.3) is 10.8 Å². The number of hydrogen-bond donors (Lipinski definition) is 0. The van der Waals surface area contributed by atoms with Crippen LogP contribution in [0.5, 0.6) is 0 Å². The van der Waals surface area contributed by atoms with E-state index >= 15 is 0 Å². The maximum Gasteiger partial charge on any atom is 0.0662 e. The van der Waals surface area contributed by atoms with Crippen molar-refractivity contribution in [3.8, 4) is 6.07 Å². The van der Waals surface area contributed by atoms with E-state index in [2.05, 4.69) is 60.7 Å². The zero-order chi connectivity index (χ0) is 14.7. The summed E-state index contributed by atoms with van der Waals surface area (Å²) in [5.74, 6) is 0.0282. The molecule has 0 aliphatic heterocycles. The normalized spacial score (nSPS) is 13.5. The number of rotatable bonds is 3. The lowest BCUT2D eigenvalue weighted by Gasteiger charge is -2.22. The monoisotopic (exact) mass is 271 g/mol. The van der Waals surface area contributed by atoms with Crippen LogP contribution in [0.4, 0.5) is 0 Å². The van der Waals surface area contributed by atoms with E-state index in [0.29, 0.717) is 0 Å². The first-order valence-electron chi connectivity index (χ1n) is 7.23. The molecule has 1 nitrogen and oxygen atoms in total. The smallest absolute Gasteiger partial charge is 0.0662 e. The third-order valence-corrected chi connectivity index (χ3v) is 4.02. The molecule has 0 N–H and O–H groups in total. The molecule has 3 rings (SSSR count). The van der Waals surface area contributed by atoms with Gasteiger partial charge in [0.05, 0.1) is 12.0 Å². The van der Waals surface area contributed by atoms with E-state index in [4.69, 9.17) is 0 Å². The summed E-state index contributed by atoms with van der Waals surface area (Å²) in [6.07, 6.45) is 0. The number of nitrogens with zero attached hydrogens (tertiary/aromatic N) is 1. The molecule has 21 heavy (non-hydrogen) atoms. The van der Waals surface area contributed by atoms with Gasteiger partial charge in [-0.15, -0.1) is 0 Å². The molecule has 3 aromatic rings. The summed E-state index contributed by atoms with van der Waals surface area (Å²) in [7, 11) is 0. The first-order chi connectivity index (χ1) is 10.3. The van der Waals surface area contributed by atoms with Gasteiger partial charge in [-0.1, -0.05) is 72.8 Å². The van der Waals surface area contributed by atoms with Crippen molar-refractivity contribution in [1.82, 2.24) is 0 Å². The minimum atomic E-state index is -0.0711. The van der Waals surface area contributed by atoms with Crippen LogP contribution in [0.2, 0.25) is 0 Å². The van der Waals surface area contributed by atoms with Gasteiger partial charge in [0.2, 0.25) is 0 Å². The summed E-state index contributed by atoms with van der Waals surface area (Å²) < 4.78 is 0. The molecule has 3 aromatic carbocycles. The van der Waals surface area contributed by atoms with E-state index in [-0.39, 0.29) is 11.8 Å². The number of nitriles is 1. The lowest BCUT2D eigenvalue weighted by molar-refractivity contribution is 0.641. The van der Waals surface area contributed by atoms with Gasteiger partial charge in [-0.2, -0.15) is 5.26 Å². The Balaban J connectivity index is 2.23. The topological polar surface area (TPSA) is 23.8 Å². The summed E-state index contributed by atoms with van der Waals surface area (Å²) in [5, 5.41) is 11.9. The summed E-state index contributed by atoms with van der Waals surface area (Å²) >= 11 is 0. The van der Waals surface area contributed by atoms with Crippen LogP contribution >= 0.6 is 0 Å². The van der Waals surface area contributed by atoms with Gasteiger partial charge in [-0.3, -0.25) is 0 Å². The van der Waals surface area contributed by atoms with Gasteiger partial charge in [-0.05, 0) is 28.8 Å². The van der Waals surface area contributed by atoms with Gasteiger partial charge < -0.3 is 0 Å². The molecule has 0 amide bonds. The second-order valence-electron chi connectivity index (χ2n) is 5.37. The molecule has 0 aliphatic carbocycles. The first kappa shape index (κ1) is 13.4. The van der Waals surface area contributed by atoms with E-state index in [0.717, 1.165) is 0 Å². The van der Waals surface area contributed by atoms with Crippen molar-refractivity contribution in [3.05, 3.63) is 83.9 Å². The Hall–Kier alpha value is -2.59. The molecular weight excluding hydrogens is 254 g/mol. The fourth-order valence-electron chi connectivity index (χ4n) is 2.99. The Morgan fingerprint density at radius 3 is 2.24 bits per heavy atom. The fraction of sp³-hybridized carbons (Fsp3) is 0.150. The predicted molar refractivity (Wildman–Crippen MR) is 87.0 cm³/mol. The Morgan fingerprint density at radius 2 is 1.48 bits per heavy atom. The standard InChI is InChI=1S/C20H17N/c1-15(14-21)20(17-9-3-2-4-10-17)19-13-7-11-16-8-5-6-12-18(16)19/h2-13,15,20H,1H3. The first-order valence-corrected chi connectivity index (χ1v) is 7.23. The Morgan fingerprint density at radius 1 is 0.810 bits per heavy atom. The molecule has 1 heteroatoms. The second kappa shape index (κ2) is 5.81. The molecule has 0 fully saturated rings. The molecule has 0 saturated heterocycles. The van der Waals surface area contributed by atoms with Gasteiger partial charge in [-0.25, -0.2) is 0 Å². The van der Waals surface area contributed by atoms with Crippen LogP contribution in [0.1, 0.15) is 24.0 Å². The quantitative estimate of drug-likeness (QED) is 0.647. The molecule has 2 atom stereocenters. The fourth-order valence-corrected chi connectivity index (χ4v) is 2.99. The van der Waals surface area contributed by atoms with Crippen molar-refractivity contribution < 1.29 is 0 Å². The number of benzene rings is 3. The minimum Gasteiger partial charge on any atom is -0.198 e. The molecule has 0 saturated carbocycles. The minimum absolute atomic E-state index is 0.0711. The van der Waals surface area contributed by atoms with Crippen molar-refractivity contribution in [2.24, 2.45) is 5.92 Å². The van der Waals surface area contributed by atoms with Gasteiger partial charge >= 0.3 is 0 Å². The van der Waals surface area contributed by atoms with Gasteiger partial charge in [0.15, 0.2) is 0 Å². The molecule has 0 spiro atoms. The molecule has 0 bridgehead atoms. The highest BCUT2D eigenvalue weighted by molar-refractivity contribution is 5.86. The van der Waals surface area contributed by atoms with Crippen molar-refractivity contribution >= 4 is 10.8 Å². The lowest BCUT2D eigenvalue weighted by Crippen LogP contribution is -2.10. The van der Waals surface area contributed by atoms with Crippen LogP contribution in [0, 0.1) is 17.2 Å². The molecule has 0 radical (unpaired) electrons. The Kier molecular flexibility index (Phi) is 3.71. The zero-order valence-electron chi connectivity index (χ0n) is 12.0. The van der Waals surface area contributed by atoms with Crippen LogP contribution < -0.4 is 0 Å². The Labute approximate surface area is 125 Å². The molecule has 0 heterocycles. The van der Waals surface area contributed by atoms with Crippen LogP contribution in [-0.4, -0.2) is 0 Å². The van der Waals surface area contributed by atoms with E-state index in [1.165, 1.54) is 21.9 Å². The van der Waals surface area contributed by atoms with Gasteiger partial charge in [0.25, 0.3) is 0 Å².